The van der Waals surface area contributed by atoms with Crippen LogP contribution in [0.25, 0.3) is 0 Å². The number of hydrogen-bond donors (Lipinski definition) is 2. The van der Waals surface area contributed by atoms with E-state index in [1.807, 2.05) is 12.1 Å². The van der Waals surface area contributed by atoms with E-state index in [9.17, 15) is 14.8 Å². The predicted molar refractivity (Wildman–Crippen MR) is 102 cm³/mol. The van der Waals surface area contributed by atoms with Crippen molar-refractivity contribution in [1.29, 1.82) is 0 Å². The topological polar surface area (TPSA) is 97.2 Å². The molecule has 1 saturated heterocycles. The average molecular weight is 386 g/mol. The van der Waals surface area contributed by atoms with Crippen LogP contribution in [0.1, 0.15) is 11.1 Å². The third-order valence-corrected chi connectivity index (χ3v) is 4.99. The fourth-order valence-corrected chi connectivity index (χ4v) is 3.45. The molecular weight excluding hydrogens is 368 g/mol. The third kappa shape index (κ3) is 4.79. The van der Waals surface area contributed by atoms with Crippen molar-refractivity contribution >= 4 is 28.6 Å². The van der Waals surface area contributed by atoms with Gasteiger partial charge in [0.15, 0.2) is 0 Å². The third-order valence-electron chi connectivity index (χ3n) is 4.01. The molecule has 0 bridgehead atoms. The summed E-state index contributed by atoms with van der Waals surface area (Å²) in [6.45, 7) is 0.0817. The molecule has 0 aromatic heterocycles. The van der Waals surface area contributed by atoms with Crippen LogP contribution >= 0.6 is 11.8 Å². The van der Waals surface area contributed by atoms with E-state index in [1.165, 1.54) is 0 Å². The minimum atomic E-state index is -0.398. The minimum Gasteiger partial charge on any atom is -0.497 e. The van der Waals surface area contributed by atoms with Crippen LogP contribution in [0.2, 0.25) is 0 Å². The maximum atomic E-state index is 11.6. The normalized spacial score (nSPS) is 16.9. The highest BCUT2D eigenvalue weighted by molar-refractivity contribution is 8.15. The van der Waals surface area contributed by atoms with Gasteiger partial charge in [0.25, 0.3) is 5.24 Å². The van der Waals surface area contributed by atoms with Crippen LogP contribution in [0.3, 0.4) is 0 Å². The summed E-state index contributed by atoms with van der Waals surface area (Å²) >= 11 is 1.01. The van der Waals surface area contributed by atoms with Crippen molar-refractivity contribution < 1.29 is 24.3 Å². The first-order chi connectivity index (χ1) is 13.1. The number of rotatable bonds is 7. The highest BCUT2D eigenvalue weighted by Gasteiger charge is 2.31. The molecule has 2 N–H and O–H groups in total. The van der Waals surface area contributed by atoms with Crippen molar-refractivity contribution in [3.05, 3.63) is 59.7 Å². The molecular formula is C19H18N2O5S. The Hall–Kier alpha value is -3.00. The van der Waals surface area contributed by atoms with E-state index in [0.717, 1.165) is 17.3 Å². The Morgan fingerprint density at radius 3 is 2.59 bits per heavy atom. The van der Waals surface area contributed by atoms with Gasteiger partial charge in [-0.15, -0.1) is 0 Å². The second kappa shape index (κ2) is 8.59. The number of benzene rings is 2. The van der Waals surface area contributed by atoms with E-state index in [-0.39, 0.29) is 17.8 Å². The van der Waals surface area contributed by atoms with Gasteiger partial charge in [0, 0.05) is 5.56 Å². The van der Waals surface area contributed by atoms with Crippen molar-refractivity contribution in [2.24, 2.45) is 5.16 Å². The lowest BCUT2D eigenvalue weighted by molar-refractivity contribution is -0.118. The van der Waals surface area contributed by atoms with Gasteiger partial charge in [0.2, 0.25) is 5.91 Å². The maximum Gasteiger partial charge on any atom is 0.286 e. The van der Waals surface area contributed by atoms with Crippen LogP contribution in [0.5, 0.6) is 11.5 Å². The fourth-order valence-electron chi connectivity index (χ4n) is 2.59. The van der Waals surface area contributed by atoms with E-state index < -0.39 is 5.25 Å². The second-order valence-electron chi connectivity index (χ2n) is 5.80. The van der Waals surface area contributed by atoms with Gasteiger partial charge >= 0.3 is 0 Å². The number of carbonyl (C=O) groups is 2. The summed E-state index contributed by atoms with van der Waals surface area (Å²) in [7, 11) is 1.57. The SMILES string of the molecule is COc1cccc(/C(COc2ccc(CC3SC(=O)NC3=O)cc2)=N/O)c1. The number of hydrogen-bond acceptors (Lipinski definition) is 7. The van der Waals surface area contributed by atoms with Crippen LogP contribution in [0.4, 0.5) is 4.79 Å². The van der Waals surface area contributed by atoms with Crippen LogP contribution in [-0.4, -0.2) is 41.0 Å². The Kier molecular flexibility index (Phi) is 5.97. The average Bonchev–Trinajstić information content (AvgIpc) is 3.00. The Morgan fingerprint density at radius 2 is 1.96 bits per heavy atom. The monoisotopic (exact) mass is 386 g/mol. The lowest BCUT2D eigenvalue weighted by Gasteiger charge is -2.10. The number of ether oxygens (including phenoxy) is 2. The van der Waals surface area contributed by atoms with Crippen LogP contribution in [0.15, 0.2) is 53.7 Å². The van der Waals surface area contributed by atoms with Gasteiger partial charge in [-0.1, -0.05) is 41.2 Å². The summed E-state index contributed by atoms with van der Waals surface area (Å²) in [5.74, 6) is 1.00. The number of methoxy groups -OCH3 is 1. The van der Waals surface area contributed by atoms with Gasteiger partial charge in [0.05, 0.1) is 12.4 Å². The molecule has 0 spiro atoms. The molecule has 0 radical (unpaired) electrons. The van der Waals surface area contributed by atoms with Crippen LogP contribution in [-0.2, 0) is 11.2 Å². The van der Waals surface area contributed by atoms with Crippen molar-refractivity contribution in [3.63, 3.8) is 0 Å². The number of imide groups is 1. The van der Waals surface area contributed by atoms with Crippen molar-refractivity contribution in [1.82, 2.24) is 5.32 Å². The quantitative estimate of drug-likeness (QED) is 0.431. The lowest BCUT2D eigenvalue weighted by atomic mass is 10.1. The number of thioether (sulfide) groups is 1. The zero-order valence-electron chi connectivity index (χ0n) is 14.5. The summed E-state index contributed by atoms with van der Waals surface area (Å²) in [6, 6.07) is 14.4. The number of amides is 2. The first-order valence-corrected chi connectivity index (χ1v) is 9.05. The Balaban J connectivity index is 1.59. The molecule has 1 heterocycles. The van der Waals surface area contributed by atoms with E-state index >= 15 is 0 Å². The molecule has 7 nitrogen and oxygen atoms in total. The molecule has 2 aromatic carbocycles. The van der Waals surface area contributed by atoms with Gasteiger partial charge < -0.3 is 14.7 Å². The van der Waals surface area contributed by atoms with Crippen molar-refractivity contribution in [2.75, 3.05) is 13.7 Å². The van der Waals surface area contributed by atoms with E-state index in [2.05, 4.69) is 10.5 Å². The van der Waals surface area contributed by atoms with E-state index in [4.69, 9.17) is 9.47 Å². The summed E-state index contributed by atoms with van der Waals surface area (Å²) in [6.07, 6.45) is 0.468. The number of oxime groups is 1. The first-order valence-electron chi connectivity index (χ1n) is 8.17. The number of nitrogens with zero attached hydrogens (tertiary/aromatic N) is 1. The van der Waals surface area contributed by atoms with E-state index in [0.29, 0.717) is 29.2 Å². The highest BCUT2D eigenvalue weighted by Crippen LogP contribution is 2.24. The van der Waals surface area contributed by atoms with Crippen LogP contribution < -0.4 is 14.8 Å². The smallest absolute Gasteiger partial charge is 0.286 e. The zero-order chi connectivity index (χ0) is 19.2. The first kappa shape index (κ1) is 18.8. The van der Waals surface area contributed by atoms with Crippen molar-refractivity contribution in [3.8, 4) is 11.5 Å². The molecule has 27 heavy (non-hydrogen) atoms. The van der Waals surface area contributed by atoms with Gasteiger partial charge in [-0.3, -0.25) is 14.9 Å². The Morgan fingerprint density at radius 1 is 1.19 bits per heavy atom. The summed E-state index contributed by atoms with van der Waals surface area (Å²) in [4.78, 5) is 22.8. The largest absolute Gasteiger partial charge is 0.497 e. The zero-order valence-corrected chi connectivity index (χ0v) is 15.4. The van der Waals surface area contributed by atoms with Crippen molar-refractivity contribution in [2.45, 2.75) is 11.7 Å². The lowest BCUT2D eigenvalue weighted by Crippen LogP contribution is -2.25. The number of carbonyl (C=O) groups excluding carboxylic acids is 2. The van der Waals surface area contributed by atoms with Gasteiger partial charge in [-0.25, -0.2) is 0 Å². The minimum absolute atomic E-state index is 0.0817. The summed E-state index contributed by atoms with van der Waals surface area (Å²) in [5.41, 5.74) is 1.99. The Labute approximate surface area is 160 Å². The maximum absolute atomic E-state index is 11.6. The molecule has 1 fully saturated rings. The molecule has 3 rings (SSSR count). The standard InChI is InChI=1S/C19H18N2O5S/c1-25-15-4-2-3-13(10-15)16(21-24)11-26-14-7-5-12(6-8-14)9-17-18(22)20-19(23)27-17/h2-8,10,17,24H,9,11H2,1H3,(H,20,22,23)/b21-16+. The molecule has 2 aromatic rings. The molecule has 1 unspecified atom stereocenters. The Bertz CT molecular complexity index is 867. The summed E-state index contributed by atoms with van der Waals surface area (Å²) in [5, 5.41) is 14.1. The van der Waals surface area contributed by atoms with Crippen LogP contribution in [0, 0.1) is 0 Å². The van der Waals surface area contributed by atoms with E-state index in [1.54, 1.807) is 43.5 Å². The predicted octanol–water partition coefficient (Wildman–Crippen LogP) is 2.85. The molecule has 140 valence electrons. The second-order valence-corrected chi connectivity index (χ2v) is 6.97. The molecule has 1 aliphatic rings. The molecule has 1 atom stereocenters. The number of nitrogens with one attached hydrogen (secondary N) is 1. The fraction of sp³-hybridized carbons (Fsp3) is 0.211. The molecule has 0 aliphatic carbocycles. The molecule has 0 saturated carbocycles. The molecule has 8 heteroatoms. The van der Waals surface area contributed by atoms with Gasteiger partial charge in [-0.2, -0.15) is 0 Å². The molecule has 1 aliphatic heterocycles. The van der Waals surface area contributed by atoms with Gasteiger partial charge in [0.1, 0.15) is 23.8 Å². The molecule has 2 amide bonds. The highest BCUT2D eigenvalue weighted by atomic mass is 32.2. The summed E-state index contributed by atoms with van der Waals surface area (Å²) < 4.78 is 10.8. The van der Waals surface area contributed by atoms with Gasteiger partial charge in [-0.05, 0) is 36.2 Å².